The summed E-state index contributed by atoms with van der Waals surface area (Å²) in [7, 11) is -2.91. The van der Waals surface area contributed by atoms with Crippen molar-refractivity contribution in [3.8, 4) is 0 Å². The highest BCUT2D eigenvalue weighted by Crippen LogP contribution is 2.52. The Morgan fingerprint density at radius 1 is 1.19 bits per heavy atom. The first-order chi connectivity index (χ1) is 10.0. The van der Waals surface area contributed by atoms with E-state index in [1.807, 2.05) is 18.2 Å². The second-order valence-electron chi connectivity index (χ2n) is 4.54. The van der Waals surface area contributed by atoms with Gasteiger partial charge < -0.3 is 10.6 Å². The van der Waals surface area contributed by atoms with Crippen LogP contribution in [-0.4, -0.2) is 20.1 Å². The summed E-state index contributed by atoms with van der Waals surface area (Å²) < 4.78 is 21.9. The zero-order valence-electron chi connectivity index (χ0n) is 10.9. The smallest absolute Gasteiger partial charge is 0.308 e. The third-order valence-corrected chi connectivity index (χ3v) is 4.12. The van der Waals surface area contributed by atoms with Gasteiger partial charge in [-0.1, -0.05) is 18.2 Å². The zero-order valence-corrected chi connectivity index (χ0v) is 11.7. The van der Waals surface area contributed by atoms with Crippen LogP contribution in [0.15, 0.2) is 42.6 Å². The van der Waals surface area contributed by atoms with Crippen molar-refractivity contribution in [1.29, 1.82) is 0 Å². The molecule has 7 nitrogen and oxygen atoms in total. The second-order valence-corrected chi connectivity index (χ2v) is 6.36. The van der Waals surface area contributed by atoms with Crippen molar-refractivity contribution >= 4 is 33.9 Å². The Bertz CT molecular complexity index is 678. The van der Waals surface area contributed by atoms with Gasteiger partial charge in [0.25, 0.3) is 0 Å². The molecule has 110 valence electrons. The van der Waals surface area contributed by atoms with Crippen LogP contribution in [0.4, 0.5) is 21.9 Å². The molecule has 0 fully saturated rings. The number of urea groups is 1. The molecular weight excluding hydrogens is 292 g/mol. The molecule has 5 N–H and O–H groups in total. The number of nitrogens with zero attached hydrogens (tertiary/aromatic N) is 1. The summed E-state index contributed by atoms with van der Waals surface area (Å²) in [5.74, 6) is 0.0398. The van der Waals surface area contributed by atoms with Gasteiger partial charge in [0.2, 0.25) is 0 Å². The second kappa shape index (κ2) is 5.24. The molecule has 1 aliphatic heterocycles. The molecule has 0 bridgehead atoms. The monoisotopic (exact) mass is 306 g/mol. The maximum absolute atomic E-state index is 12.0. The molecule has 0 saturated carbocycles. The maximum Gasteiger partial charge on any atom is 0.323 e. The van der Waals surface area contributed by atoms with Crippen molar-refractivity contribution in [2.75, 3.05) is 15.4 Å². The SMILES string of the molecule is O=C(Nc1ccccc1)Nc1ccnc2c1NS(O)(O)C2. The Hall–Kier alpha value is -2.29. The largest absolute Gasteiger partial charge is 0.323 e. The van der Waals surface area contributed by atoms with E-state index in [0.29, 0.717) is 22.8 Å². The molecule has 2 heterocycles. The number of anilines is 3. The van der Waals surface area contributed by atoms with Crippen LogP contribution >= 0.6 is 10.8 Å². The van der Waals surface area contributed by atoms with Crippen LogP contribution < -0.4 is 15.4 Å². The third-order valence-electron chi connectivity index (χ3n) is 2.91. The predicted octanol–water partition coefficient (Wildman–Crippen LogP) is 3.32. The molecule has 21 heavy (non-hydrogen) atoms. The number of pyridine rings is 1. The fourth-order valence-corrected chi connectivity index (χ4v) is 3.26. The van der Waals surface area contributed by atoms with Crippen LogP contribution in [0.25, 0.3) is 0 Å². The quantitative estimate of drug-likeness (QED) is 0.585. The standard InChI is InChI=1S/C13H14N4O3S/c18-13(15-9-4-2-1-3-5-9)16-10-6-7-14-11-8-21(19,20)17-12(10)11/h1-7,17,19-20H,8H2,(H2,14,15,16,18). The number of hydrogen-bond acceptors (Lipinski definition) is 5. The highest BCUT2D eigenvalue weighted by Gasteiger charge is 2.28. The van der Waals surface area contributed by atoms with Crippen LogP contribution in [0.5, 0.6) is 0 Å². The Morgan fingerprint density at radius 2 is 1.95 bits per heavy atom. The number of nitrogens with one attached hydrogen (secondary N) is 3. The van der Waals surface area contributed by atoms with Gasteiger partial charge in [0, 0.05) is 11.9 Å². The minimum absolute atomic E-state index is 0.0398. The van der Waals surface area contributed by atoms with E-state index in [9.17, 15) is 13.9 Å². The fourth-order valence-electron chi connectivity index (χ4n) is 2.03. The number of carbonyl (C=O) groups is 1. The molecule has 1 aliphatic rings. The van der Waals surface area contributed by atoms with Crippen molar-refractivity contribution in [2.24, 2.45) is 0 Å². The lowest BCUT2D eigenvalue weighted by atomic mass is 10.3. The minimum Gasteiger partial charge on any atom is -0.308 e. The lowest BCUT2D eigenvalue weighted by Crippen LogP contribution is -2.20. The molecule has 0 saturated heterocycles. The number of benzene rings is 1. The molecule has 3 rings (SSSR count). The first-order valence-electron chi connectivity index (χ1n) is 6.18. The van der Waals surface area contributed by atoms with Gasteiger partial charge in [0.1, 0.15) is 11.4 Å². The molecule has 1 aromatic carbocycles. The summed E-state index contributed by atoms with van der Waals surface area (Å²) in [6, 6.07) is 10.2. The van der Waals surface area contributed by atoms with Crippen molar-refractivity contribution in [1.82, 2.24) is 4.98 Å². The van der Waals surface area contributed by atoms with Gasteiger partial charge in [-0.2, -0.15) is 0 Å². The normalized spacial score (nSPS) is 16.5. The van der Waals surface area contributed by atoms with E-state index in [1.54, 1.807) is 18.2 Å². The van der Waals surface area contributed by atoms with E-state index in [4.69, 9.17) is 0 Å². The maximum atomic E-state index is 12.0. The lowest BCUT2D eigenvalue weighted by molar-refractivity contribution is 0.262. The van der Waals surface area contributed by atoms with Crippen molar-refractivity contribution in [3.05, 3.63) is 48.3 Å². The molecule has 0 aliphatic carbocycles. The number of fused-ring (bicyclic) bond motifs is 1. The van der Waals surface area contributed by atoms with Crippen molar-refractivity contribution in [3.63, 3.8) is 0 Å². The summed E-state index contributed by atoms with van der Waals surface area (Å²) in [5, 5.41) is 5.35. The molecule has 2 aromatic rings. The number of amides is 2. The lowest BCUT2D eigenvalue weighted by Gasteiger charge is -2.26. The number of hydrogen-bond donors (Lipinski definition) is 5. The number of para-hydroxylation sites is 1. The molecule has 0 atom stereocenters. The molecule has 2 amide bonds. The van der Waals surface area contributed by atoms with Gasteiger partial charge in [-0.25, -0.2) is 4.79 Å². The first kappa shape index (κ1) is 13.7. The van der Waals surface area contributed by atoms with E-state index in [-0.39, 0.29) is 5.75 Å². The summed E-state index contributed by atoms with van der Waals surface area (Å²) in [6.45, 7) is 0. The summed E-state index contributed by atoms with van der Waals surface area (Å²) in [4.78, 5) is 16.0. The minimum atomic E-state index is -2.91. The van der Waals surface area contributed by atoms with E-state index >= 15 is 0 Å². The van der Waals surface area contributed by atoms with Gasteiger partial charge in [-0.05, 0) is 18.2 Å². The molecular formula is C13H14N4O3S. The van der Waals surface area contributed by atoms with E-state index in [2.05, 4.69) is 20.3 Å². The Morgan fingerprint density at radius 3 is 2.71 bits per heavy atom. The highest BCUT2D eigenvalue weighted by molar-refractivity contribution is 8.25. The van der Waals surface area contributed by atoms with E-state index < -0.39 is 16.8 Å². The predicted molar refractivity (Wildman–Crippen MR) is 83.5 cm³/mol. The third kappa shape index (κ3) is 3.07. The van der Waals surface area contributed by atoms with Crippen LogP contribution in [-0.2, 0) is 5.75 Å². The van der Waals surface area contributed by atoms with Crippen molar-refractivity contribution in [2.45, 2.75) is 5.75 Å². The van der Waals surface area contributed by atoms with Gasteiger partial charge in [-0.15, -0.1) is 10.8 Å². The van der Waals surface area contributed by atoms with Gasteiger partial charge in [0.05, 0.1) is 11.4 Å². The molecule has 1 aromatic heterocycles. The van der Waals surface area contributed by atoms with Gasteiger partial charge in [-0.3, -0.25) is 18.8 Å². The topological polar surface area (TPSA) is 107 Å². The average molecular weight is 306 g/mol. The summed E-state index contributed by atoms with van der Waals surface area (Å²) in [6.07, 6.45) is 1.51. The van der Waals surface area contributed by atoms with Crippen LogP contribution in [0, 0.1) is 0 Å². The number of aromatic nitrogens is 1. The molecule has 0 unspecified atom stereocenters. The molecule has 0 radical (unpaired) electrons. The Kier molecular flexibility index (Phi) is 3.42. The van der Waals surface area contributed by atoms with E-state index in [0.717, 1.165) is 0 Å². The van der Waals surface area contributed by atoms with Crippen LogP contribution in [0.1, 0.15) is 5.69 Å². The average Bonchev–Trinajstić information content (AvgIpc) is 2.75. The number of rotatable bonds is 2. The fraction of sp³-hybridized carbons (Fsp3) is 0.0769. The first-order valence-corrected chi connectivity index (χ1v) is 7.90. The van der Waals surface area contributed by atoms with Crippen molar-refractivity contribution < 1.29 is 13.9 Å². The van der Waals surface area contributed by atoms with E-state index in [1.165, 1.54) is 6.20 Å². The summed E-state index contributed by atoms with van der Waals surface area (Å²) in [5.41, 5.74) is 2.08. The Balaban J connectivity index is 1.75. The zero-order chi connectivity index (χ0) is 14.9. The highest BCUT2D eigenvalue weighted by atomic mass is 32.3. The van der Waals surface area contributed by atoms with Crippen LogP contribution in [0.2, 0.25) is 0 Å². The number of carbonyl (C=O) groups excluding carboxylic acids is 1. The van der Waals surface area contributed by atoms with Gasteiger partial charge >= 0.3 is 6.03 Å². The molecule has 8 heteroatoms. The van der Waals surface area contributed by atoms with Gasteiger partial charge in [0.15, 0.2) is 0 Å². The van der Waals surface area contributed by atoms with Crippen LogP contribution in [0.3, 0.4) is 0 Å². The summed E-state index contributed by atoms with van der Waals surface area (Å²) >= 11 is 0. The molecule has 0 spiro atoms. The Labute approximate surface area is 122 Å².